The molecule has 0 bridgehead atoms. The van der Waals surface area contributed by atoms with Gasteiger partial charge in [-0.1, -0.05) is 0 Å². The van der Waals surface area contributed by atoms with E-state index in [2.05, 4.69) is 20.4 Å². The predicted octanol–water partition coefficient (Wildman–Crippen LogP) is 1.50. The Kier molecular flexibility index (Phi) is 8.02. The van der Waals surface area contributed by atoms with Crippen molar-refractivity contribution in [1.29, 1.82) is 0 Å². The molecular formula is C15H25Cl2N5O. The number of nitrogens with zero attached hydrogens (tertiary/aromatic N) is 4. The Morgan fingerprint density at radius 1 is 1.35 bits per heavy atom. The number of likely N-dealkylation sites (N-methyl/N-ethyl adjacent to an activating group) is 1. The minimum atomic E-state index is 0. The minimum absolute atomic E-state index is 0. The van der Waals surface area contributed by atoms with Crippen molar-refractivity contribution in [3.63, 3.8) is 0 Å². The van der Waals surface area contributed by atoms with Crippen LogP contribution in [0.15, 0.2) is 18.3 Å². The van der Waals surface area contributed by atoms with Gasteiger partial charge in [-0.25, -0.2) is 0 Å². The fraction of sp³-hybridized carbons (Fsp3) is 0.667. The van der Waals surface area contributed by atoms with E-state index in [9.17, 15) is 4.79 Å². The van der Waals surface area contributed by atoms with Crippen molar-refractivity contribution in [3.05, 3.63) is 18.3 Å². The molecule has 0 spiro atoms. The second-order valence-corrected chi connectivity index (χ2v) is 5.92. The molecule has 0 aromatic carbocycles. The number of carbonyl (C=O) groups is 1. The van der Waals surface area contributed by atoms with E-state index in [1.54, 1.807) is 6.20 Å². The van der Waals surface area contributed by atoms with Crippen LogP contribution in [0.4, 0.5) is 5.82 Å². The van der Waals surface area contributed by atoms with Gasteiger partial charge >= 0.3 is 0 Å². The highest BCUT2D eigenvalue weighted by atomic mass is 35.5. The Labute approximate surface area is 149 Å². The molecule has 23 heavy (non-hydrogen) atoms. The SMILES string of the molecule is CN(C(=O)C1CCCN1)C1CCCN(c2cccnn2)C1.Cl.Cl. The van der Waals surface area contributed by atoms with Crippen LogP contribution in [-0.4, -0.2) is 59.8 Å². The zero-order valence-corrected chi connectivity index (χ0v) is 15.0. The molecule has 0 saturated carbocycles. The molecule has 2 fully saturated rings. The van der Waals surface area contributed by atoms with Gasteiger partial charge in [-0.2, -0.15) is 5.10 Å². The van der Waals surface area contributed by atoms with Gasteiger partial charge < -0.3 is 15.1 Å². The van der Waals surface area contributed by atoms with E-state index in [4.69, 9.17) is 0 Å². The first kappa shape index (κ1) is 19.9. The first-order valence-corrected chi connectivity index (χ1v) is 7.78. The van der Waals surface area contributed by atoms with Crippen molar-refractivity contribution in [2.24, 2.45) is 0 Å². The third-order valence-electron chi connectivity index (χ3n) is 4.53. The van der Waals surface area contributed by atoms with Crippen LogP contribution in [0.3, 0.4) is 0 Å². The van der Waals surface area contributed by atoms with Crippen LogP contribution in [0.5, 0.6) is 0 Å². The van der Waals surface area contributed by atoms with E-state index in [0.717, 1.165) is 51.1 Å². The summed E-state index contributed by atoms with van der Waals surface area (Å²) in [5.74, 6) is 1.14. The lowest BCUT2D eigenvalue weighted by Crippen LogP contribution is -2.52. The molecule has 0 aliphatic carbocycles. The number of amides is 1. The molecule has 2 aliphatic heterocycles. The summed E-state index contributed by atoms with van der Waals surface area (Å²) in [4.78, 5) is 16.7. The second-order valence-electron chi connectivity index (χ2n) is 5.92. The monoisotopic (exact) mass is 361 g/mol. The average Bonchev–Trinajstić information content (AvgIpc) is 3.09. The van der Waals surface area contributed by atoms with E-state index < -0.39 is 0 Å². The Morgan fingerprint density at radius 2 is 2.17 bits per heavy atom. The van der Waals surface area contributed by atoms with Crippen molar-refractivity contribution < 1.29 is 4.79 Å². The maximum absolute atomic E-state index is 12.5. The number of halogens is 2. The Morgan fingerprint density at radius 3 is 2.83 bits per heavy atom. The predicted molar refractivity (Wildman–Crippen MR) is 95.6 cm³/mol. The molecule has 2 unspecified atom stereocenters. The van der Waals surface area contributed by atoms with Crippen molar-refractivity contribution in [1.82, 2.24) is 20.4 Å². The highest BCUT2D eigenvalue weighted by Crippen LogP contribution is 2.21. The molecule has 2 atom stereocenters. The van der Waals surface area contributed by atoms with Gasteiger partial charge in [0.15, 0.2) is 5.82 Å². The fourth-order valence-corrected chi connectivity index (χ4v) is 3.26. The third-order valence-corrected chi connectivity index (χ3v) is 4.53. The van der Waals surface area contributed by atoms with E-state index in [-0.39, 0.29) is 42.8 Å². The van der Waals surface area contributed by atoms with Crippen LogP contribution in [0.2, 0.25) is 0 Å². The summed E-state index contributed by atoms with van der Waals surface area (Å²) < 4.78 is 0. The van der Waals surface area contributed by atoms with Gasteiger partial charge in [0.25, 0.3) is 0 Å². The number of rotatable bonds is 3. The van der Waals surface area contributed by atoms with E-state index in [0.29, 0.717) is 0 Å². The molecule has 8 heteroatoms. The van der Waals surface area contributed by atoms with Crippen molar-refractivity contribution in [3.8, 4) is 0 Å². The number of piperidine rings is 1. The normalized spacial score (nSPS) is 23.6. The summed E-state index contributed by atoms with van der Waals surface area (Å²) in [5, 5.41) is 11.4. The lowest BCUT2D eigenvalue weighted by atomic mass is 10.0. The van der Waals surface area contributed by atoms with Crippen LogP contribution < -0.4 is 10.2 Å². The molecular weight excluding hydrogens is 337 g/mol. The topological polar surface area (TPSA) is 61.4 Å². The summed E-state index contributed by atoms with van der Waals surface area (Å²) in [6.45, 7) is 2.78. The molecule has 1 amide bonds. The van der Waals surface area contributed by atoms with Crippen LogP contribution in [-0.2, 0) is 4.79 Å². The number of nitrogens with one attached hydrogen (secondary N) is 1. The highest BCUT2D eigenvalue weighted by molar-refractivity contribution is 5.85. The Balaban J connectivity index is 0.00000132. The van der Waals surface area contributed by atoms with Crippen LogP contribution >= 0.6 is 24.8 Å². The smallest absolute Gasteiger partial charge is 0.239 e. The number of aromatic nitrogens is 2. The number of carbonyl (C=O) groups excluding carboxylic acids is 1. The molecule has 1 aromatic heterocycles. The number of hydrogen-bond donors (Lipinski definition) is 1. The summed E-state index contributed by atoms with van der Waals surface area (Å²) in [7, 11) is 1.94. The molecule has 3 heterocycles. The third kappa shape index (κ3) is 4.68. The summed E-state index contributed by atoms with van der Waals surface area (Å²) in [6.07, 6.45) is 5.89. The van der Waals surface area contributed by atoms with Gasteiger partial charge in [-0.3, -0.25) is 4.79 Å². The van der Waals surface area contributed by atoms with Crippen molar-refractivity contribution in [2.75, 3.05) is 31.6 Å². The summed E-state index contributed by atoms with van der Waals surface area (Å²) in [5.41, 5.74) is 0. The van der Waals surface area contributed by atoms with Gasteiger partial charge in [-0.15, -0.1) is 29.9 Å². The van der Waals surface area contributed by atoms with E-state index in [1.165, 1.54) is 0 Å². The maximum Gasteiger partial charge on any atom is 0.239 e. The first-order valence-electron chi connectivity index (χ1n) is 7.78. The number of anilines is 1. The molecule has 3 rings (SSSR count). The van der Waals surface area contributed by atoms with Crippen molar-refractivity contribution in [2.45, 2.75) is 37.8 Å². The molecule has 1 aromatic rings. The lowest BCUT2D eigenvalue weighted by Gasteiger charge is -2.38. The van der Waals surface area contributed by atoms with Crippen LogP contribution in [0.25, 0.3) is 0 Å². The molecule has 130 valence electrons. The molecule has 2 saturated heterocycles. The van der Waals surface area contributed by atoms with Crippen molar-refractivity contribution >= 4 is 36.5 Å². The molecule has 6 nitrogen and oxygen atoms in total. The second kappa shape index (κ2) is 9.25. The molecule has 1 N–H and O–H groups in total. The highest BCUT2D eigenvalue weighted by Gasteiger charge is 2.31. The zero-order valence-electron chi connectivity index (χ0n) is 13.4. The van der Waals surface area contributed by atoms with Crippen LogP contribution in [0.1, 0.15) is 25.7 Å². The Hall–Kier alpha value is -1.11. The van der Waals surface area contributed by atoms with E-state index >= 15 is 0 Å². The lowest BCUT2D eigenvalue weighted by molar-refractivity contribution is -0.134. The largest absolute Gasteiger partial charge is 0.353 e. The van der Waals surface area contributed by atoms with Gasteiger partial charge in [0.05, 0.1) is 6.04 Å². The van der Waals surface area contributed by atoms with E-state index in [1.807, 2.05) is 24.1 Å². The molecule has 0 radical (unpaired) electrons. The summed E-state index contributed by atoms with van der Waals surface area (Å²) in [6, 6.07) is 4.16. The minimum Gasteiger partial charge on any atom is -0.353 e. The van der Waals surface area contributed by atoms with Gasteiger partial charge in [0, 0.05) is 32.4 Å². The average molecular weight is 362 g/mol. The fourth-order valence-electron chi connectivity index (χ4n) is 3.26. The number of hydrogen-bond acceptors (Lipinski definition) is 5. The van der Waals surface area contributed by atoms with Gasteiger partial charge in [-0.05, 0) is 44.4 Å². The zero-order chi connectivity index (χ0) is 14.7. The van der Waals surface area contributed by atoms with Gasteiger partial charge in [0.2, 0.25) is 5.91 Å². The first-order chi connectivity index (χ1) is 10.3. The quantitative estimate of drug-likeness (QED) is 0.883. The summed E-state index contributed by atoms with van der Waals surface area (Å²) >= 11 is 0. The Bertz CT molecular complexity index is 484. The maximum atomic E-state index is 12.5. The van der Waals surface area contributed by atoms with Crippen LogP contribution in [0, 0.1) is 0 Å². The van der Waals surface area contributed by atoms with Gasteiger partial charge in [0.1, 0.15) is 0 Å². The standard InChI is InChI=1S/C15H23N5O.2ClH/c1-19(15(21)13-6-2-8-16-13)12-5-4-10-20(11-12)14-7-3-9-17-18-14;;/h3,7,9,12-13,16H,2,4-6,8,10-11H2,1H3;2*1H. The molecule has 2 aliphatic rings.